The van der Waals surface area contributed by atoms with E-state index in [9.17, 15) is 9.18 Å². The number of hydrogen-bond acceptors (Lipinski definition) is 6. The number of fused-ring (bicyclic) bond motifs is 2. The number of nitrogen functional groups attached to an aromatic ring is 1. The number of pyridine rings is 1. The fourth-order valence-electron chi connectivity index (χ4n) is 3.41. The average molecular weight is 454 g/mol. The second-order valence-corrected chi connectivity index (χ2v) is 8.11. The van der Waals surface area contributed by atoms with Crippen molar-refractivity contribution < 1.29 is 29.5 Å². The van der Waals surface area contributed by atoms with E-state index < -0.39 is 4.86 Å². The van der Waals surface area contributed by atoms with Crippen LogP contribution in [0.1, 0.15) is 27.9 Å². The van der Waals surface area contributed by atoms with E-state index >= 15 is 0 Å². The van der Waals surface area contributed by atoms with Crippen LogP contribution < -0.4 is 15.8 Å². The van der Waals surface area contributed by atoms with Gasteiger partial charge in [-0.25, -0.2) is 0 Å². The van der Waals surface area contributed by atoms with Gasteiger partial charge in [0.2, 0.25) is 0 Å². The van der Waals surface area contributed by atoms with Crippen LogP contribution in [0.25, 0.3) is 10.2 Å². The molecule has 0 fully saturated rings. The molecule has 4 rings (SSSR count). The molecule has 3 heterocycles. The standard InChI is InChI=1S/C20H19FN4O2S.Fe/c1-2-25-8-7-14-12(10-25)9-13-17(22)18(28-20(13)24-14)19(26)23-15-5-3-4-6-16(15)27-11-21;/h3-6,9H,2,7-8,10,22H2,1H3,(H,23,26);. The molecular formula is C20H19FFeN4O2S. The summed E-state index contributed by atoms with van der Waals surface area (Å²) in [5, 5.41) is 3.53. The molecule has 9 heteroatoms. The number of amides is 1. The van der Waals surface area contributed by atoms with Crippen LogP contribution in [0.3, 0.4) is 0 Å². The summed E-state index contributed by atoms with van der Waals surface area (Å²) in [6.07, 6.45) is 0.885. The van der Waals surface area contributed by atoms with Crippen molar-refractivity contribution in [2.45, 2.75) is 19.9 Å². The summed E-state index contributed by atoms with van der Waals surface area (Å²) in [7, 11) is 0. The summed E-state index contributed by atoms with van der Waals surface area (Å²) in [5.74, 6) is -0.222. The first-order valence-corrected chi connectivity index (χ1v) is 10.5. The van der Waals surface area contributed by atoms with Crippen molar-refractivity contribution in [3.05, 3.63) is 46.5 Å². The molecule has 29 heavy (non-hydrogen) atoms. The first kappa shape index (κ1) is 20.0. The zero-order valence-electron chi connectivity index (χ0n) is 15.6. The number of thiophene rings is 1. The molecule has 2 aromatic heterocycles. The number of carbonyl (C=O) groups is 1. The molecule has 152 valence electrons. The molecule has 0 saturated heterocycles. The van der Waals surface area contributed by atoms with Crippen LogP contribution in [0.2, 0.25) is 0 Å². The van der Waals surface area contributed by atoms with Gasteiger partial charge in [-0.1, -0.05) is 6.92 Å². The Bertz CT molecular complexity index is 1120. The van der Waals surface area contributed by atoms with Crippen LogP contribution in [0.15, 0.2) is 30.3 Å². The number of nitrogens with zero attached hydrogens (tertiary/aromatic N) is 2. The maximum atomic E-state index is 13.1. The molecule has 1 aliphatic heterocycles. The number of rotatable bonds is 5. The Kier molecular flexibility index (Phi) is 5.65. The average Bonchev–Trinajstić information content (AvgIpc) is 3.03. The van der Waals surface area contributed by atoms with Crippen molar-refractivity contribution in [2.24, 2.45) is 0 Å². The molecule has 3 N–H and O–H groups in total. The summed E-state index contributed by atoms with van der Waals surface area (Å²) in [6, 6.07) is 8.61. The zero-order valence-corrected chi connectivity index (χ0v) is 17.6. The van der Waals surface area contributed by atoms with E-state index in [1.807, 2.05) is 6.07 Å². The van der Waals surface area contributed by atoms with Gasteiger partial charge in [-0.05, 0) is 6.54 Å². The second kappa shape index (κ2) is 8.20. The van der Waals surface area contributed by atoms with E-state index in [0.29, 0.717) is 16.3 Å². The van der Waals surface area contributed by atoms with Gasteiger partial charge in [0.05, 0.1) is 0 Å². The molecule has 1 aromatic carbocycles. The van der Waals surface area contributed by atoms with Crippen LogP contribution in [0, 0.1) is 0 Å². The number of para-hydroxylation sites is 2. The topological polar surface area (TPSA) is 80.5 Å². The van der Waals surface area contributed by atoms with Gasteiger partial charge in [0.15, 0.2) is 0 Å². The molecular weight excluding hydrogens is 435 g/mol. The first-order valence-electron chi connectivity index (χ1n) is 9.14. The molecule has 0 saturated carbocycles. The van der Waals surface area contributed by atoms with Gasteiger partial charge in [0.25, 0.3) is 0 Å². The van der Waals surface area contributed by atoms with Gasteiger partial charge in [-0.3, -0.25) is 4.90 Å². The minimum atomic E-state index is -0.955. The molecule has 1 aliphatic rings. The van der Waals surface area contributed by atoms with Crippen molar-refractivity contribution in [3.8, 4) is 5.75 Å². The predicted molar refractivity (Wildman–Crippen MR) is 110 cm³/mol. The van der Waals surface area contributed by atoms with Crippen molar-refractivity contribution in [1.82, 2.24) is 9.88 Å². The van der Waals surface area contributed by atoms with E-state index in [1.54, 1.807) is 24.3 Å². The number of carbonyl (C=O) groups excluding carboxylic acids is 1. The normalized spacial score (nSPS) is 13.9. The second-order valence-electron chi connectivity index (χ2n) is 6.68. The first-order chi connectivity index (χ1) is 14.0. The van der Waals surface area contributed by atoms with E-state index in [-0.39, 0.29) is 11.7 Å². The fraction of sp³-hybridized carbons (Fsp3) is 0.250. The minimum absolute atomic E-state index is 0.168. The number of benzene rings is 1. The van der Waals surface area contributed by atoms with Crippen molar-refractivity contribution in [2.75, 3.05) is 24.1 Å². The number of nitrogens with one attached hydrogen (secondary N) is 1. The predicted octanol–water partition coefficient (Wildman–Crippen LogP) is 3.49. The van der Waals surface area contributed by atoms with E-state index in [2.05, 4.69) is 32.7 Å². The van der Waals surface area contributed by atoms with Crippen LogP contribution in [-0.2, 0) is 28.5 Å². The Morgan fingerprint density at radius 1 is 1.45 bits per heavy atom. The quantitative estimate of drug-likeness (QED) is 0.577. The Morgan fingerprint density at radius 3 is 3.00 bits per heavy atom. The Morgan fingerprint density at radius 2 is 2.24 bits per heavy atom. The monoisotopic (exact) mass is 454 g/mol. The van der Waals surface area contributed by atoms with Crippen LogP contribution in [0.5, 0.6) is 5.75 Å². The number of aromatic nitrogens is 1. The number of hydrogen-bond donors (Lipinski definition) is 2. The van der Waals surface area contributed by atoms with Crippen molar-refractivity contribution in [1.29, 1.82) is 0 Å². The molecule has 1 amide bonds. The number of likely N-dealkylation sites (N-methyl/N-ethyl adjacent to an activating group) is 1. The zero-order chi connectivity index (χ0) is 20.5. The summed E-state index contributed by atoms with van der Waals surface area (Å²) < 4.78 is 18.0. The third-order valence-electron chi connectivity index (χ3n) is 4.92. The number of halogens is 1. The van der Waals surface area contributed by atoms with Crippen LogP contribution in [0.4, 0.5) is 15.8 Å². The van der Waals surface area contributed by atoms with Crippen LogP contribution in [-0.4, -0.2) is 33.7 Å². The van der Waals surface area contributed by atoms with Gasteiger partial charge >= 0.3 is 154 Å². The van der Waals surface area contributed by atoms with Crippen LogP contribution >= 0.6 is 11.3 Å². The number of ether oxygens (including phenoxy) is 1. The Hall–Kier alpha value is -2.32. The summed E-state index contributed by atoms with van der Waals surface area (Å²) in [5.41, 5.74) is 9.26. The third kappa shape index (κ3) is 4.04. The van der Waals surface area contributed by atoms with E-state index in [0.717, 1.165) is 47.5 Å². The Labute approximate surface area is 179 Å². The number of nitrogens with two attached hydrogens (primary N) is 1. The molecule has 0 radical (unpaired) electrons. The van der Waals surface area contributed by atoms with Crippen molar-refractivity contribution in [3.63, 3.8) is 0 Å². The van der Waals surface area contributed by atoms with E-state index in [1.165, 1.54) is 11.3 Å². The van der Waals surface area contributed by atoms with Gasteiger partial charge in [-0.2, -0.15) is 0 Å². The molecule has 0 bridgehead atoms. The van der Waals surface area contributed by atoms with Crippen molar-refractivity contribution >= 4 is 43.7 Å². The fourth-order valence-corrected chi connectivity index (χ4v) is 4.53. The molecule has 3 aromatic rings. The maximum absolute atomic E-state index is 13.1. The van der Waals surface area contributed by atoms with Gasteiger partial charge in [0.1, 0.15) is 0 Å². The molecule has 0 aliphatic carbocycles. The number of anilines is 2. The Balaban J connectivity index is 1.65. The van der Waals surface area contributed by atoms with E-state index in [4.69, 9.17) is 15.5 Å². The summed E-state index contributed by atoms with van der Waals surface area (Å²) >= 11 is 4.35. The summed E-state index contributed by atoms with van der Waals surface area (Å²) in [4.78, 5) is 20.1. The SMILES string of the molecule is CCN1CCc2nc3sc(C(=O)Nc4ccccc4O[C](F)=[Fe])c(N)c3cc2C1. The summed E-state index contributed by atoms with van der Waals surface area (Å²) in [6.45, 7) is 4.94. The third-order valence-corrected chi connectivity index (χ3v) is 6.15. The van der Waals surface area contributed by atoms with Gasteiger partial charge < -0.3 is 0 Å². The van der Waals surface area contributed by atoms with Gasteiger partial charge in [-0.15, -0.1) is 0 Å². The molecule has 0 unspecified atom stereocenters. The molecule has 0 spiro atoms. The molecule has 6 nitrogen and oxygen atoms in total. The molecule has 0 atom stereocenters. The van der Waals surface area contributed by atoms with Gasteiger partial charge in [0, 0.05) is 6.54 Å².